The number of para-hydroxylation sites is 2. The van der Waals surface area contributed by atoms with Gasteiger partial charge in [-0.1, -0.05) is 19.1 Å². The molecular formula is C23H38IN5O2. The van der Waals surface area contributed by atoms with E-state index in [0.29, 0.717) is 24.9 Å². The van der Waals surface area contributed by atoms with Crippen LogP contribution in [-0.4, -0.2) is 69.2 Å². The van der Waals surface area contributed by atoms with Gasteiger partial charge in [0.05, 0.1) is 19.3 Å². The summed E-state index contributed by atoms with van der Waals surface area (Å²) in [7, 11) is 1.71. The summed E-state index contributed by atoms with van der Waals surface area (Å²) in [6, 6.07) is 8.46. The molecule has 1 aromatic carbocycles. The average Bonchev–Trinajstić information content (AvgIpc) is 3.22. The number of anilines is 1. The summed E-state index contributed by atoms with van der Waals surface area (Å²) in [4.78, 5) is 21.5. The number of methoxy groups -OCH3 is 1. The number of carbonyl (C=O) groups excluding carboxylic acids is 1. The van der Waals surface area contributed by atoms with Gasteiger partial charge in [0.15, 0.2) is 5.96 Å². The zero-order valence-corrected chi connectivity index (χ0v) is 21.4. The third kappa shape index (κ3) is 7.43. The standard InChI is InChI=1S/C23H37N5O2.HI/c1-4-24-23(25-13-11-22(29)28-14-7-8-18(2)16-28)26-19-12-15-27(17-19)20-9-5-6-10-21(20)30-3;/h5-6,9-10,18-19H,4,7-8,11-17H2,1-3H3,(H2,24,25,26);1H. The second-order valence-corrected chi connectivity index (χ2v) is 8.35. The lowest BCUT2D eigenvalue weighted by Crippen LogP contribution is -2.45. The number of nitrogens with zero attached hydrogens (tertiary/aromatic N) is 3. The molecule has 2 aliphatic rings. The molecule has 8 heteroatoms. The maximum atomic E-state index is 12.5. The number of carbonyl (C=O) groups is 1. The summed E-state index contributed by atoms with van der Waals surface area (Å²) < 4.78 is 5.51. The average molecular weight is 543 g/mol. The minimum absolute atomic E-state index is 0. The monoisotopic (exact) mass is 543 g/mol. The molecule has 1 amide bonds. The van der Waals surface area contributed by atoms with Gasteiger partial charge in [-0.05, 0) is 44.2 Å². The van der Waals surface area contributed by atoms with Crippen LogP contribution in [0.3, 0.4) is 0 Å². The van der Waals surface area contributed by atoms with Crippen LogP contribution in [0.2, 0.25) is 0 Å². The minimum atomic E-state index is 0. The van der Waals surface area contributed by atoms with Gasteiger partial charge in [-0.3, -0.25) is 9.79 Å². The Bertz CT molecular complexity index is 730. The van der Waals surface area contributed by atoms with Gasteiger partial charge in [0.1, 0.15) is 5.75 Å². The number of aliphatic imine (C=N–C) groups is 1. The molecule has 2 saturated heterocycles. The van der Waals surface area contributed by atoms with Crippen molar-refractivity contribution >= 4 is 41.5 Å². The van der Waals surface area contributed by atoms with E-state index in [9.17, 15) is 4.79 Å². The molecule has 2 unspecified atom stereocenters. The summed E-state index contributed by atoms with van der Waals surface area (Å²) in [6.07, 6.45) is 3.85. The molecule has 2 N–H and O–H groups in total. The van der Waals surface area contributed by atoms with Crippen LogP contribution in [0.4, 0.5) is 5.69 Å². The number of likely N-dealkylation sites (tertiary alicyclic amines) is 1. The molecule has 0 radical (unpaired) electrons. The van der Waals surface area contributed by atoms with Crippen LogP contribution in [0.1, 0.15) is 39.5 Å². The summed E-state index contributed by atoms with van der Waals surface area (Å²) in [6.45, 7) is 9.26. The van der Waals surface area contributed by atoms with Gasteiger partial charge in [0.25, 0.3) is 0 Å². The Morgan fingerprint density at radius 3 is 2.77 bits per heavy atom. The first-order valence-corrected chi connectivity index (χ1v) is 11.3. The third-order valence-electron chi connectivity index (χ3n) is 5.90. The molecule has 2 aliphatic heterocycles. The number of rotatable bonds is 7. The van der Waals surface area contributed by atoms with Crippen LogP contribution in [0.25, 0.3) is 0 Å². The van der Waals surface area contributed by atoms with E-state index in [4.69, 9.17) is 4.74 Å². The zero-order chi connectivity index (χ0) is 21.3. The lowest BCUT2D eigenvalue weighted by atomic mass is 10.00. The number of ether oxygens (including phenoxy) is 1. The molecule has 0 aliphatic carbocycles. The number of piperidine rings is 1. The molecular weight excluding hydrogens is 505 g/mol. The number of amides is 1. The van der Waals surface area contributed by atoms with Crippen LogP contribution in [-0.2, 0) is 4.79 Å². The Hall–Kier alpha value is -1.71. The van der Waals surface area contributed by atoms with Crippen LogP contribution < -0.4 is 20.3 Å². The Morgan fingerprint density at radius 2 is 2.03 bits per heavy atom. The number of guanidine groups is 1. The van der Waals surface area contributed by atoms with E-state index in [2.05, 4.69) is 40.4 Å². The van der Waals surface area contributed by atoms with E-state index in [1.807, 2.05) is 23.1 Å². The van der Waals surface area contributed by atoms with Crippen LogP contribution >= 0.6 is 24.0 Å². The van der Waals surface area contributed by atoms with Gasteiger partial charge in [-0.15, -0.1) is 24.0 Å². The fraction of sp³-hybridized carbons (Fsp3) is 0.652. The zero-order valence-electron chi connectivity index (χ0n) is 19.1. The second-order valence-electron chi connectivity index (χ2n) is 8.35. The van der Waals surface area contributed by atoms with E-state index in [1.165, 1.54) is 6.42 Å². The lowest BCUT2D eigenvalue weighted by Gasteiger charge is -2.30. The Morgan fingerprint density at radius 1 is 1.23 bits per heavy atom. The third-order valence-corrected chi connectivity index (χ3v) is 5.90. The molecule has 0 aromatic heterocycles. The maximum Gasteiger partial charge on any atom is 0.224 e. The minimum Gasteiger partial charge on any atom is -0.495 e. The summed E-state index contributed by atoms with van der Waals surface area (Å²) in [5.74, 6) is 2.54. The predicted octanol–water partition coefficient (Wildman–Crippen LogP) is 3.10. The highest BCUT2D eigenvalue weighted by atomic mass is 127. The molecule has 31 heavy (non-hydrogen) atoms. The fourth-order valence-corrected chi connectivity index (χ4v) is 4.34. The van der Waals surface area contributed by atoms with Crippen molar-refractivity contribution in [3.63, 3.8) is 0 Å². The van der Waals surface area contributed by atoms with Crippen LogP contribution in [0.5, 0.6) is 5.75 Å². The molecule has 7 nitrogen and oxygen atoms in total. The quantitative estimate of drug-likeness (QED) is 0.315. The van der Waals surface area contributed by atoms with Gasteiger partial charge < -0.3 is 25.2 Å². The van der Waals surface area contributed by atoms with Gasteiger partial charge in [-0.25, -0.2) is 0 Å². The largest absolute Gasteiger partial charge is 0.495 e. The van der Waals surface area contributed by atoms with E-state index in [1.54, 1.807) is 7.11 Å². The predicted molar refractivity (Wildman–Crippen MR) is 138 cm³/mol. The van der Waals surface area contributed by atoms with E-state index >= 15 is 0 Å². The highest BCUT2D eigenvalue weighted by Gasteiger charge is 2.25. The Labute approximate surface area is 204 Å². The SMILES string of the molecule is CCNC(=NCCC(=O)N1CCCC(C)C1)NC1CCN(c2ccccc2OC)C1.I. The normalized spacial score (nSPS) is 21.5. The van der Waals surface area contributed by atoms with E-state index in [-0.39, 0.29) is 29.9 Å². The molecule has 1 aromatic rings. The first-order chi connectivity index (χ1) is 14.6. The number of halogens is 1. The lowest BCUT2D eigenvalue weighted by molar-refractivity contribution is -0.132. The second kappa shape index (κ2) is 13.0. The molecule has 2 atom stereocenters. The Balaban J connectivity index is 0.00000341. The van der Waals surface area contributed by atoms with Gasteiger partial charge in [-0.2, -0.15) is 0 Å². The number of hydrogen-bond acceptors (Lipinski definition) is 4. The van der Waals surface area contributed by atoms with Gasteiger partial charge >= 0.3 is 0 Å². The molecule has 2 fully saturated rings. The van der Waals surface area contributed by atoms with Crippen LogP contribution in [0, 0.1) is 5.92 Å². The maximum absolute atomic E-state index is 12.5. The van der Waals surface area contributed by atoms with Crippen molar-refractivity contribution in [1.29, 1.82) is 0 Å². The van der Waals surface area contributed by atoms with Crippen molar-refractivity contribution < 1.29 is 9.53 Å². The fourth-order valence-electron chi connectivity index (χ4n) is 4.34. The molecule has 0 spiro atoms. The van der Waals surface area contributed by atoms with Crippen molar-refractivity contribution in [3.8, 4) is 5.75 Å². The summed E-state index contributed by atoms with van der Waals surface area (Å²) in [5.41, 5.74) is 1.13. The highest BCUT2D eigenvalue weighted by molar-refractivity contribution is 14.0. The van der Waals surface area contributed by atoms with Crippen molar-refractivity contribution in [2.45, 2.75) is 45.6 Å². The van der Waals surface area contributed by atoms with Crippen molar-refractivity contribution in [1.82, 2.24) is 15.5 Å². The Kier molecular flexibility index (Phi) is 10.7. The van der Waals surface area contributed by atoms with E-state index in [0.717, 1.165) is 63.0 Å². The van der Waals surface area contributed by atoms with Crippen LogP contribution in [0.15, 0.2) is 29.3 Å². The molecule has 0 saturated carbocycles. The van der Waals surface area contributed by atoms with Gasteiger partial charge in [0, 0.05) is 45.2 Å². The molecule has 3 rings (SSSR count). The topological polar surface area (TPSA) is 69.2 Å². The highest BCUT2D eigenvalue weighted by Crippen LogP contribution is 2.30. The smallest absolute Gasteiger partial charge is 0.224 e. The van der Waals surface area contributed by atoms with Gasteiger partial charge in [0.2, 0.25) is 5.91 Å². The van der Waals surface area contributed by atoms with Crippen molar-refractivity contribution in [2.75, 3.05) is 51.3 Å². The van der Waals surface area contributed by atoms with Crippen molar-refractivity contribution in [2.24, 2.45) is 10.9 Å². The summed E-state index contributed by atoms with van der Waals surface area (Å²) in [5, 5.41) is 6.86. The summed E-state index contributed by atoms with van der Waals surface area (Å²) >= 11 is 0. The number of hydrogen-bond donors (Lipinski definition) is 2. The first kappa shape index (κ1) is 25.5. The number of benzene rings is 1. The first-order valence-electron chi connectivity index (χ1n) is 11.3. The molecule has 0 bridgehead atoms. The molecule has 2 heterocycles. The van der Waals surface area contributed by atoms with E-state index < -0.39 is 0 Å². The number of nitrogens with one attached hydrogen (secondary N) is 2. The molecule has 174 valence electrons. The van der Waals surface area contributed by atoms with Crippen molar-refractivity contribution in [3.05, 3.63) is 24.3 Å².